The number of hydrogen-bond acceptors (Lipinski definition) is 4. The Labute approximate surface area is 85.4 Å². The van der Waals surface area contributed by atoms with E-state index in [-0.39, 0.29) is 0 Å². The molecule has 1 aromatic rings. The molecule has 4 nitrogen and oxygen atoms in total. The first-order valence-corrected chi connectivity index (χ1v) is 4.85. The number of aromatic nitrogens is 2. The Balaban J connectivity index is 2.89. The van der Waals surface area contributed by atoms with Crippen LogP contribution in [0.4, 0.5) is 0 Å². The Morgan fingerprint density at radius 2 is 1.62 bits per heavy atom. The third-order valence-electron chi connectivity index (χ3n) is 1.29. The summed E-state index contributed by atoms with van der Waals surface area (Å²) in [6, 6.07) is 0. The van der Waals surface area contributed by atoms with Gasteiger partial charge in [0.25, 0.3) is 0 Å². The molecule has 0 N–H and O–H groups in total. The molecule has 1 heterocycles. The lowest BCUT2D eigenvalue weighted by molar-refractivity contribution is 0.301. The van der Waals surface area contributed by atoms with Gasteiger partial charge in [0.05, 0.1) is 13.2 Å². The summed E-state index contributed by atoms with van der Waals surface area (Å²) < 4.78 is 11.2. The maximum absolute atomic E-state index is 5.25. The molecule has 72 valence electrons. The molecule has 13 heavy (non-hydrogen) atoms. The van der Waals surface area contributed by atoms with Gasteiger partial charge >= 0.3 is 0 Å². The predicted octanol–water partition coefficient (Wildman–Crippen LogP) is 2.04. The Morgan fingerprint density at radius 1 is 1.15 bits per heavy atom. The van der Waals surface area contributed by atoms with E-state index in [9.17, 15) is 0 Å². The van der Waals surface area contributed by atoms with Crippen molar-refractivity contribution in [2.75, 3.05) is 13.2 Å². The van der Waals surface area contributed by atoms with Crippen molar-refractivity contribution >= 4 is 15.9 Å². The molecule has 0 fully saturated rings. The molecule has 0 spiro atoms. The number of ether oxygens (including phenoxy) is 2. The SMILES string of the molecule is CCOc1ncnc(OCC)c1Br. The Kier molecular flexibility index (Phi) is 3.95. The highest BCUT2D eigenvalue weighted by atomic mass is 79.9. The van der Waals surface area contributed by atoms with E-state index in [2.05, 4.69) is 25.9 Å². The zero-order valence-corrected chi connectivity index (χ0v) is 9.17. The van der Waals surface area contributed by atoms with Crippen LogP contribution < -0.4 is 9.47 Å². The molecule has 5 heteroatoms. The second kappa shape index (κ2) is 5.01. The summed E-state index contributed by atoms with van der Waals surface area (Å²) in [5, 5.41) is 0. The highest BCUT2D eigenvalue weighted by Crippen LogP contribution is 2.29. The first kappa shape index (κ1) is 10.2. The largest absolute Gasteiger partial charge is 0.477 e. The van der Waals surface area contributed by atoms with Gasteiger partial charge in [0.2, 0.25) is 11.8 Å². The average molecular weight is 247 g/mol. The Bertz CT molecular complexity index is 257. The second-order valence-corrected chi connectivity index (χ2v) is 2.96. The monoisotopic (exact) mass is 246 g/mol. The van der Waals surface area contributed by atoms with E-state index in [4.69, 9.17) is 9.47 Å². The predicted molar refractivity (Wildman–Crippen MR) is 52.1 cm³/mol. The molecule has 0 aromatic carbocycles. The molecular weight excluding hydrogens is 236 g/mol. The van der Waals surface area contributed by atoms with Gasteiger partial charge in [-0.05, 0) is 29.8 Å². The normalized spacial score (nSPS) is 9.77. The molecule has 0 unspecified atom stereocenters. The van der Waals surface area contributed by atoms with Crippen LogP contribution in [0, 0.1) is 0 Å². The van der Waals surface area contributed by atoms with Crippen molar-refractivity contribution in [1.29, 1.82) is 0 Å². The molecule has 1 rings (SSSR count). The van der Waals surface area contributed by atoms with Crippen molar-refractivity contribution in [3.8, 4) is 11.8 Å². The summed E-state index contributed by atoms with van der Waals surface area (Å²) in [4.78, 5) is 7.90. The van der Waals surface area contributed by atoms with Crippen LogP contribution in [0.2, 0.25) is 0 Å². The lowest BCUT2D eigenvalue weighted by atomic mass is 10.6. The van der Waals surface area contributed by atoms with Gasteiger partial charge in [0, 0.05) is 0 Å². The fraction of sp³-hybridized carbons (Fsp3) is 0.500. The van der Waals surface area contributed by atoms with Crippen LogP contribution >= 0.6 is 15.9 Å². The minimum atomic E-state index is 0.515. The van der Waals surface area contributed by atoms with Crippen LogP contribution in [-0.4, -0.2) is 23.2 Å². The molecule has 0 saturated carbocycles. The lowest BCUT2D eigenvalue weighted by Crippen LogP contribution is -2.00. The van der Waals surface area contributed by atoms with Crippen LogP contribution in [0.1, 0.15) is 13.8 Å². The van der Waals surface area contributed by atoms with E-state index in [1.807, 2.05) is 13.8 Å². The summed E-state index contributed by atoms with van der Waals surface area (Å²) in [6.45, 7) is 4.94. The molecular formula is C8H11BrN2O2. The van der Waals surface area contributed by atoms with Crippen molar-refractivity contribution in [2.24, 2.45) is 0 Å². The first-order chi connectivity index (χ1) is 6.29. The van der Waals surface area contributed by atoms with Crippen molar-refractivity contribution in [3.05, 3.63) is 10.8 Å². The topological polar surface area (TPSA) is 44.2 Å². The van der Waals surface area contributed by atoms with Gasteiger partial charge in [-0.15, -0.1) is 0 Å². The molecule has 0 bridgehead atoms. The van der Waals surface area contributed by atoms with E-state index in [0.717, 1.165) is 0 Å². The zero-order valence-electron chi connectivity index (χ0n) is 7.58. The van der Waals surface area contributed by atoms with Crippen molar-refractivity contribution < 1.29 is 9.47 Å². The Morgan fingerprint density at radius 3 is 2.00 bits per heavy atom. The molecule has 0 saturated heterocycles. The molecule has 0 amide bonds. The average Bonchev–Trinajstić information content (AvgIpc) is 2.13. The summed E-state index contributed by atoms with van der Waals surface area (Å²) in [6.07, 6.45) is 1.42. The standard InChI is InChI=1S/C8H11BrN2O2/c1-3-12-7-6(9)8(13-4-2)11-5-10-7/h5H,3-4H2,1-2H3. The third kappa shape index (κ3) is 2.55. The van der Waals surface area contributed by atoms with Crippen LogP contribution in [0.15, 0.2) is 10.8 Å². The maximum Gasteiger partial charge on any atom is 0.235 e. The van der Waals surface area contributed by atoms with Gasteiger partial charge in [-0.25, -0.2) is 9.97 Å². The van der Waals surface area contributed by atoms with E-state index in [1.165, 1.54) is 6.33 Å². The molecule has 0 aliphatic heterocycles. The Hall–Kier alpha value is -0.840. The fourth-order valence-corrected chi connectivity index (χ4v) is 1.25. The molecule has 0 atom stereocenters. The molecule has 0 radical (unpaired) electrons. The van der Waals surface area contributed by atoms with Gasteiger partial charge in [-0.1, -0.05) is 0 Å². The highest BCUT2D eigenvalue weighted by molar-refractivity contribution is 9.10. The minimum absolute atomic E-state index is 0.515. The number of hydrogen-bond donors (Lipinski definition) is 0. The van der Waals surface area contributed by atoms with Gasteiger partial charge in [0.15, 0.2) is 0 Å². The van der Waals surface area contributed by atoms with E-state index in [0.29, 0.717) is 29.4 Å². The van der Waals surface area contributed by atoms with Gasteiger partial charge < -0.3 is 9.47 Å². The maximum atomic E-state index is 5.25. The second-order valence-electron chi connectivity index (χ2n) is 2.16. The van der Waals surface area contributed by atoms with Crippen molar-refractivity contribution in [1.82, 2.24) is 9.97 Å². The molecule has 1 aromatic heterocycles. The summed E-state index contributed by atoms with van der Waals surface area (Å²) in [5.41, 5.74) is 0. The van der Waals surface area contributed by atoms with Gasteiger partial charge in [-0.2, -0.15) is 0 Å². The van der Waals surface area contributed by atoms with E-state index < -0.39 is 0 Å². The first-order valence-electron chi connectivity index (χ1n) is 4.05. The molecule has 0 aliphatic rings. The van der Waals surface area contributed by atoms with Gasteiger partial charge in [0.1, 0.15) is 10.8 Å². The zero-order chi connectivity index (χ0) is 9.68. The number of halogens is 1. The highest BCUT2D eigenvalue weighted by Gasteiger charge is 2.09. The molecule has 0 aliphatic carbocycles. The van der Waals surface area contributed by atoms with Crippen LogP contribution in [0.25, 0.3) is 0 Å². The van der Waals surface area contributed by atoms with Gasteiger partial charge in [-0.3, -0.25) is 0 Å². The number of rotatable bonds is 4. The fourth-order valence-electron chi connectivity index (χ4n) is 0.813. The summed E-state index contributed by atoms with van der Waals surface area (Å²) >= 11 is 3.31. The lowest BCUT2D eigenvalue weighted by Gasteiger charge is -2.07. The minimum Gasteiger partial charge on any atom is -0.477 e. The van der Waals surface area contributed by atoms with Crippen LogP contribution in [-0.2, 0) is 0 Å². The smallest absolute Gasteiger partial charge is 0.235 e. The third-order valence-corrected chi connectivity index (χ3v) is 1.97. The van der Waals surface area contributed by atoms with E-state index >= 15 is 0 Å². The van der Waals surface area contributed by atoms with Crippen LogP contribution in [0.5, 0.6) is 11.8 Å². The summed E-state index contributed by atoms with van der Waals surface area (Å²) in [7, 11) is 0. The number of nitrogens with zero attached hydrogens (tertiary/aromatic N) is 2. The summed E-state index contributed by atoms with van der Waals surface area (Å²) in [5.74, 6) is 1.03. The van der Waals surface area contributed by atoms with Crippen molar-refractivity contribution in [2.45, 2.75) is 13.8 Å². The van der Waals surface area contributed by atoms with E-state index in [1.54, 1.807) is 0 Å². The van der Waals surface area contributed by atoms with Crippen molar-refractivity contribution in [3.63, 3.8) is 0 Å². The van der Waals surface area contributed by atoms with Crippen LogP contribution in [0.3, 0.4) is 0 Å². The quantitative estimate of drug-likeness (QED) is 0.816.